The van der Waals surface area contributed by atoms with Gasteiger partial charge in [-0.25, -0.2) is 7.14 Å². The van der Waals surface area contributed by atoms with Crippen LogP contribution in [-0.4, -0.2) is 30.2 Å². The second-order valence-corrected chi connectivity index (χ2v) is 10.2. The molecule has 0 aromatic heterocycles. The van der Waals surface area contributed by atoms with Crippen molar-refractivity contribution >= 4 is 37.3 Å². The van der Waals surface area contributed by atoms with Crippen LogP contribution in [0, 0.1) is 0 Å². The molecule has 4 heteroatoms. The molecule has 0 heterocycles. The predicted octanol–water partition coefficient (Wildman–Crippen LogP) is 5.78. The Morgan fingerprint density at radius 1 is 0.824 bits per heavy atom. The van der Waals surface area contributed by atoms with Crippen molar-refractivity contribution in [2.45, 2.75) is 64.0 Å². The molecule has 0 amide bonds. The largest absolute Gasteiger partial charge is 0.207 e. The molecule has 0 rings (SSSR count). The van der Waals surface area contributed by atoms with Crippen molar-refractivity contribution in [3.63, 3.8) is 0 Å². The summed E-state index contributed by atoms with van der Waals surface area (Å²) in [6.45, 7) is 9.13. The summed E-state index contributed by atoms with van der Waals surface area (Å²) < 4.78 is -0.270. The van der Waals surface area contributed by atoms with Crippen molar-refractivity contribution in [2.75, 3.05) is 18.5 Å². The zero-order chi connectivity index (χ0) is 13.1. The van der Waals surface area contributed by atoms with Gasteiger partial charge in [0.25, 0.3) is 0 Å². The Hall–Kier alpha value is 1.07. The molecule has 2 radical (unpaired) electrons. The van der Waals surface area contributed by atoms with Gasteiger partial charge in [0.2, 0.25) is 0 Å². The lowest BCUT2D eigenvalue weighted by molar-refractivity contribution is 0.843. The molecular formula is C13H28BCl2P. The number of halogens is 2. The van der Waals surface area contributed by atoms with Crippen LogP contribution in [0.5, 0.6) is 0 Å². The molecule has 0 saturated heterocycles. The van der Waals surface area contributed by atoms with Crippen LogP contribution < -0.4 is 0 Å². The van der Waals surface area contributed by atoms with E-state index in [1.54, 1.807) is 0 Å². The number of unbranched alkanes of at least 4 members (excludes halogenated alkanes) is 3. The summed E-state index contributed by atoms with van der Waals surface area (Å²) in [6, 6.07) is 0. The summed E-state index contributed by atoms with van der Waals surface area (Å²) in [5, 5.41) is 0. The van der Waals surface area contributed by atoms with E-state index in [1.807, 2.05) is 0 Å². The predicted molar refractivity (Wildman–Crippen MR) is 87.5 cm³/mol. The highest BCUT2D eigenvalue weighted by molar-refractivity contribution is 8.01. The minimum atomic E-state index is -0.991. The van der Waals surface area contributed by atoms with Crippen molar-refractivity contribution < 1.29 is 0 Å². The standard InChI is InChI=1S/C13H28BCl2P/c1-4-7-10-17(11-8-5-2,12-9-6-3)14-13(15)16/h13H,4-12H2,1-3H3. The van der Waals surface area contributed by atoms with E-state index in [9.17, 15) is 0 Å². The maximum absolute atomic E-state index is 6.04. The van der Waals surface area contributed by atoms with Crippen molar-refractivity contribution in [1.29, 1.82) is 0 Å². The molecule has 102 valence electrons. The van der Waals surface area contributed by atoms with E-state index >= 15 is 0 Å². The van der Waals surface area contributed by atoms with E-state index in [0.29, 0.717) is 0 Å². The van der Waals surface area contributed by atoms with Crippen molar-refractivity contribution in [3.05, 3.63) is 0 Å². The van der Waals surface area contributed by atoms with Crippen LogP contribution in [0.4, 0.5) is 0 Å². The molecule has 0 N–H and O–H groups in total. The molecule has 0 bridgehead atoms. The third kappa shape index (κ3) is 8.74. The molecule has 0 nitrogen and oxygen atoms in total. The average molecular weight is 297 g/mol. The first-order valence-corrected chi connectivity index (χ1v) is 10.4. The molecule has 0 aromatic carbocycles. The fourth-order valence-corrected chi connectivity index (χ4v) is 8.09. The van der Waals surface area contributed by atoms with Gasteiger partial charge in [-0.05, 0) is 31.0 Å². The zero-order valence-electron chi connectivity index (χ0n) is 11.7. The van der Waals surface area contributed by atoms with Gasteiger partial charge in [0.05, 0.1) is 0 Å². The van der Waals surface area contributed by atoms with E-state index in [2.05, 4.69) is 27.8 Å². The zero-order valence-corrected chi connectivity index (χ0v) is 14.1. The monoisotopic (exact) mass is 296 g/mol. The Balaban J connectivity index is 4.51. The van der Waals surface area contributed by atoms with Crippen LogP contribution in [-0.2, 0) is 0 Å². The maximum atomic E-state index is 6.04. The van der Waals surface area contributed by atoms with Crippen LogP contribution in [0.1, 0.15) is 59.3 Å². The number of rotatable bonds is 11. The first-order chi connectivity index (χ1) is 8.10. The van der Waals surface area contributed by atoms with Gasteiger partial charge in [0.1, 0.15) is 0 Å². The number of alkyl halides is 2. The average Bonchev–Trinajstić information content (AvgIpc) is 2.30. The molecule has 0 aliphatic heterocycles. The van der Waals surface area contributed by atoms with E-state index in [1.165, 1.54) is 57.0 Å². The highest BCUT2D eigenvalue weighted by Gasteiger charge is 2.25. The van der Waals surface area contributed by atoms with Crippen molar-refractivity contribution in [1.82, 2.24) is 0 Å². The minimum Gasteiger partial charge on any atom is -0.207 e. The van der Waals surface area contributed by atoms with Gasteiger partial charge in [-0.2, -0.15) is 23.2 Å². The van der Waals surface area contributed by atoms with E-state index in [0.717, 1.165) is 0 Å². The highest BCUT2D eigenvalue weighted by atomic mass is 35.5. The molecule has 0 unspecified atom stereocenters. The summed E-state index contributed by atoms with van der Waals surface area (Å²) in [4.78, 5) is 0. The molecule has 17 heavy (non-hydrogen) atoms. The molecular weight excluding hydrogens is 269 g/mol. The Bertz CT molecular complexity index is 155. The van der Waals surface area contributed by atoms with Gasteiger partial charge >= 0.3 is 0 Å². The highest BCUT2D eigenvalue weighted by Crippen LogP contribution is 2.60. The summed E-state index contributed by atoms with van der Waals surface area (Å²) in [5.74, 6) is 0. The summed E-state index contributed by atoms with van der Waals surface area (Å²) >= 11 is 12.1. The van der Waals surface area contributed by atoms with E-state index in [4.69, 9.17) is 23.2 Å². The molecule has 0 aliphatic rings. The summed E-state index contributed by atoms with van der Waals surface area (Å²) in [7, 11) is -0.991. The summed E-state index contributed by atoms with van der Waals surface area (Å²) in [6.07, 6.45) is 11.9. The van der Waals surface area contributed by atoms with Gasteiger partial charge in [0, 0.05) is 18.5 Å². The molecule has 0 atom stereocenters. The summed E-state index contributed by atoms with van der Waals surface area (Å²) in [5.41, 5.74) is 0. The normalized spacial score (nSPS) is 12.4. The fourth-order valence-electron chi connectivity index (χ4n) is 2.22. The van der Waals surface area contributed by atoms with Gasteiger partial charge in [0.15, 0.2) is 0 Å². The third-order valence-electron chi connectivity index (χ3n) is 3.30. The Morgan fingerprint density at radius 3 is 1.41 bits per heavy atom. The quantitative estimate of drug-likeness (QED) is 0.257. The van der Waals surface area contributed by atoms with Gasteiger partial charge < -0.3 is 0 Å². The third-order valence-corrected chi connectivity index (χ3v) is 8.45. The van der Waals surface area contributed by atoms with Gasteiger partial charge in [-0.3, -0.25) is 0 Å². The smallest absolute Gasteiger partial charge is 0.0146 e. The molecule has 0 saturated carbocycles. The fraction of sp³-hybridized carbons (Fsp3) is 1.00. The first-order valence-electron chi connectivity index (χ1n) is 7.10. The second kappa shape index (κ2) is 10.9. The van der Waals surface area contributed by atoms with Crippen LogP contribution >= 0.6 is 30.3 Å². The number of hydrogen-bond acceptors (Lipinski definition) is 0. The van der Waals surface area contributed by atoms with Crippen molar-refractivity contribution in [3.8, 4) is 0 Å². The van der Waals surface area contributed by atoms with Crippen LogP contribution in [0.25, 0.3) is 0 Å². The molecule has 0 fully saturated rings. The Labute approximate surface area is 120 Å². The van der Waals surface area contributed by atoms with Gasteiger partial charge in [-0.15, -0.1) is 0 Å². The Morgan fingerprint density at radius 2 is 1.18 bits per heavy atom. The Kier molecular flexibility index (Phi) is 11.6. The van der Waals surface area contributed by atoms with Crippen LogP contribution in [0.15, 0.2) is 0 Å². The molecule has 0 aliphatic carbocycles. The van der Waals surface area contributed by atoms with Gasteiger partial charge in [-0.1, -0.05) is 40.0 Å². The SMILES string of the molecule is CCCC[P+]([B-]C(Cl)Cl)(CCCC)CCCC. The van der Waals surface area contributed by atoms with Crippen LogP contribution in [0.3, 0.4) is 0 Å². The first kappa shape index (κ1) is 18.1. The van der Waals surface area contributed by atoms with Crippen molar-refractivity contribution in [2.24, 2.45) is 0 Å². The lowest BCUT2D eigenvalue weighted by Gasteiger charge is -2.40. The maximum Gasteiger partial charge on any atom is 0.0146 e. The number of hydrogen-bond donors (Lipinski definition) is 0. The lowest BCUT2D eigenvalue weighted by Crippen LogP contribution is -2.19. The minimum absolute atomic E-state index is 0.270. The van der Waals surface area contributed by atoms with E-state index in [-0.39, 0.29) is 4.74 Å². The topological polar surface area (TPSA) is 0 Å². The molecule has 0 spiro atoms. The lowest BCUT2D eigenvalue weighted by atomic mass is 10.2. The van der Waals surface area contributed by atoms with E-state index < -0.39 is 7.14 Å². The molecule has 0 aromatic rings. The van der Waals surface area contributed by atoms with Crippen LogP contribution in [0.2, 0.25) is 0 Å². The second-order valence-electron chi connectivity index (χ2n) is 4.93.